The Bertz CT molecular complexity index is 1140. The maximum Gasteiger partial charge on any atom is 0.103 e. The average Bonchev–Trinajstić information content (AvgIpc) is 2.90. The van der Waals surface area contributed by atoms with Crippen LogP contribution in [0.2, 0.25) is 0 Å². The van der Waals surface area contributed by atoms with Crippen molar-refractivity contribution in [2.24, 2.45) is 0 Å². The van der Waals surface area contributed by atoms with E-state index in [4.69, 9.17) is 4.52 Å². The van der Waals surface area contributed by atoms with Gasteiger partial charge in [-0.05, 0) is 30.0 Å². The first-order valence-corrected chi connectivity index (χ1v) is 15.1. The van der Waals surface area contributed by atoms with Gasteiger partial charge in [0.1, 0.15) is 6.10 Å². The zero-order valence-corrected chi connectivity index (χ0v) is 23.7. The van der Waals surface area contributed by atoms with Crippen molar-refractivity contribution in [3.8, 4) is 0 Å². The molecular weight excluding hydrogens is 476 g/mol. The molecule has 0 saturated carbocycles. The van der Waals surface area contributed by atoms with Crippen LogP contribution in [0.25, 0.3) is 0 Å². The van der Waals surface area contributed by atoms with Crippen LogP contribution in [0.3, 0.4) is 0 Å². The molecule has 4 aromatic rings. The van der Waals surface area contributed by atoms with Gasteiger partial charge in [-0.1, -0.05) is 142 Å². The van der Waals surface area contributed by atoms with Crippen LogP contribution in [-0.4, -0.2) is 22.9 Å². The predicted octanol–water partition coefficient (Wildman–Crippen LogP) is 7.63. The predicted molar refractivity (Wildman–Crippen MR) is 159 cm³/mol. The van der Waals surface area contributed by atoms with Crippen LogP contribution in [-0.2, 0) is 4.52 Å². The van der Waals surface area contributed by atoms with E-state index in [1.54, 1.807) is 0 Å². The number of benzene rings is 4. The normalized spacial score (nSPS) is 14.5. The molecule has 4 aromatic carbocycles. The Labute approximate surface area is 220 Å². The van der Waals surface area contributed by atoms with Gasteiger partial charge < -0.3 is 4.52 Å². The van der Waals surface area contributed by atoms with E-state index < -0.39 is 16.2 Å². The van der Waals surface area contributed by atoms with Crippen LogP contribution in [0.15, 0.2) is 121 Å². The molecule has 3 atom stereocenters. The van der Waals surface area contributed by atoms with Gasteiger partial charge in [-0.3, -0.25) is 4.67 Å². The number of hydrogen-bond acceptors (Lipinski definition) is 2. The third-order valence-corrected chi connectivity index (χ3v) is 11.3. The maximum absolute atomic E-state index is 7.22. The number of likely N-dealkylation sites (N-methyl/N-ethyl adjacent to an activating group) is 1. The molecule has 0 aliphatic rings. The van der Waals surface area contributed by atoms with Crippen molar-refractivity contribution in [1.29, 1.82) is 0 Å². The van der Waals surface area contributed by atoms with Crippen molar-refractivity contribution in [2.75, 3.05) is 7.05 Å². The largest absolute Gasteiger partial charge is 0.340 e. The monoisotopic (exact) mass is 513 g/mol. The first kappa shape index (κ1) is 26.7. The van der Waals surface area contributed by atoms with Crippen LogP contribution in [0.1, 0.15) is 39.4 Å². The van der Waals surface area contributed by atoms with Gasteiger partial charge in [-0.15, -0.1) is 0 Å². The molecule has 2 nitrogen and oxygen atoms in total. The van der Waals surface area contributed by atoms with Gasteiger partial charge in [-0.2, -0.15) is 0 Å². The minimum absolute atomic E-state index is 0.0845. The lowest BCUT2D eigenvalue weighted by Gasteiger charge is -2.44. The van der Waals surface area contributed by atoms with E-state index >= 15 is 0 Å². The smallest absolute Gasteiger partial charge is 0.103 e. The molecule has 0 fully saturated rings. The molecule has 0 aliphatic heterocycles. The standard InChI is InChI=1S/C32H37NOP2/c1-26(33(5)36(32(2,3)4)30-24-16-9-17-25-30)31(27-18-10-6-11-19-27)34-35(28-20-12-7-13-21-28)29-22-14-8-15-23-29/h6-26,31H,1-5H3/t26-,31-,36?/m1/s1. The highest BCUT2D eigenvalue weighted by Crippen LogP contribution is 2.54. The van der Waals surface area contributed by atoms with Crippen molar-refractivity contribution >= 4 is 32.1 Å². The molecule has 36 heavy (non-hydrogen) atoms. The highest BCUT2D eigenvalue weighted by molar-refractivity contribution is 7.68. The fourth-order valence-electron chi connectivity index (χ4n) is 4.57. The van der Waals surface area contributed by atoms with Crippen LogP contribution < -0.4 is 15.9 Å². The maximum atomic E-state index is 7.22. The second-order valence-corrected chi connectivity index (χ2v) is 15.0. The Hall–Kier alpha value is -2.34. The molecule has 186 valence electrons. The third kappa shape index (κ3) is 6.50. The zero-order valence-electron chi connectivity index (χ0n) is 22.0. The summed E-state index contributed by atoms with van der Waals surface area (Å²) in [6, 6.07) is 43.2. The minimum atomic E-state index is -0.992. The molecular formula is C32H37NOP2. The summed E-state index contributed by atoms with van der Waals surface area (Å²) in [6.07, 6.45) is -0.0845. The van der Waals surface area contributed by atoms with E-state index in [0.29, 0.717) is 0 Å². The van der Waals surface area contributed by atoms with E-state index in [-0.39, 0.29) is 17.3 Å². The number of nitrogens with zero attached hydrogens (tertiary/aromatic N) is 1. The molecule has 0 heterocycles. The Morgan fingerprint density at radius 1 is 0.611 bits per heavy atom. The molecule has 0 aliphatic carbocycles. The zero-order chi connectivity index (χ0) is 25.5. The van der Waals surface area contributed by atoms with Crippen LogP contribution in [0, 0.1) is 0 Å². The summed E-state index contributed by atoms with van der Waals surface area (Å²) >= 11 is 0. The Kier molecular flexibility index (Phi) is 9.10. The van der Waals surface area contributed by atoms with E-state index in [0.717, 1.165) is 0 Å². The molecule has 0 amide bonds. The molecule has 0 bridgehead atoms. The van der Waals surface area contributed by atoms with Gasteiger partial charge >= 0.3 is 0 Å². The Balaban J connectivity index is 1.75. The molecule has 4 rings (SSSR count). The number of rotatable bonds is 9. The van der Waals surface area contributed by atoms with E-state index in [1.165, 1.54) is 21.5 Å². The van der Waals surface area contributed by atoms with Gasteiger partial charge in [0.05, 0.1) is 8.15 Å². The second-order valence-electron chi connectivity index (χ2n) is 10.0. The quantitative estimate of drug-likeness (QED) is 0.213. The lowest BCUT2D eigenvalue weighted by molar-refractivity contribution is 0.153. The summed E-state index contributed by atoms with van der Waals surface area (Å²) in [4.78, 5) is 0. The highest BCUT2D eigenvalue weighted by Gasteiger charge is 2.36. The van der Waals surface area contributed by atoms with Crippen molar-refractivity contribution < 1.29 is 4.52 Å². The lowest BCUT2D eigenvalue weighted by atomic mass is 10.0. The second kappa shape index (κ2) is 12.3. The van der Waals surface area contributed by atoms with Gasteiger partial charge in [0, 0.05) is 24.7 Å². The van der Waals surface area contributed by atoms with E-state index in [9.17, 15) is 0 Å². The van der Waals surface area contributed by atoms with Gasteiger partial charge in [0.2, 0.25) is 0 Å². The lowest BCUT2D eigenvalue weighted by Crippen LogP contribution is -2.39. The molecule has 0 saturated heterocycles. The van der Waals surface area contributed by atoms with Crippen LogP contribution >= 0.6 is 16.2 Å². The van der Waals surface area contributed by atoms with Crippen molar-refractivity contribution in [1.82, 2.24) is 4.67 Å². The topological polar surface area (TPSA) is 12.5 Å². The Morgan fingerprint density at radius 3 is 1.42 bits per heavy atom. The summed E-state index contributed by atoms with van der Waals surface area (Å²) < 4.78 is 9.80. The van der Waals surface area contributed by atoms with Crippen molar-refractivity contribution in [3.05, 3.63) is 127 Å². The summed E-state index contributed by atoms with van der Waals surface area (Å²) in [5, 5.41) is 3.98. The first-order chi connectivity index (χ1) is 17.4. The molecule has 4 heteroatoms. The molecule has 0 aromatic heterocycles. The van der Waals surface area contributed by atoms with Gasteiger partial charge in [0.15, 0.2) is 0 Å². The Morgan fingerprint density at radius 2 is 1.00 bits per heavy atom. The van der Waals surface area contributed by atoms with Crippen LogP contribution in [0.4, 0.5) is 0 Å². The third-order valence-electron chi connectivity index (χ3n) is 6.31. The van der Waals surface area contributed by atoms with E-state index in [1.807, 2.05) is 0 Å². The van der Waals surface area contributed by atoms with E-state index in [2.05, 4.69) is 161 Å². The fraction of sp³-hybridized carbons (Fsp3) is 0.250. The number of hydrogen-bond donors (Lipinski definition) is 0. The summed E-state index contributed by atoms with van der Waals surface area (Å²) in [6.45, 7) is 9.39. The average molecular weight is 514 g/mol. The molecule has 0 N–H and O–H groups in total. The van der Waals surface area contributed by atoms with Crippen molar-refractivity contribution in [2.45, 2.75) is 45.0 Å². The molecule has 1 unspecified atom stereocenters. The molecule has 0 radical (unpaired) electrons. The first-order valence-electron chi connectivity index (χ1n) is 12.6. The summed E-state index contributed by atoms with van der Waals surface area (Å²) in [5.41, 5.74) is 1.22. The summed E-state index contributed by atoms with van der Waals surface area (Å²) in [7, 11) is 0.694. The van der Waals surface area contributed by atoms with Crippen molar-refractivity contribution in [3.63, 3.8) is 0 Å². The fourth-order valence-corrected chi connectivity index (χ4v) is 9.55. The molecule has 0 spiro atoms. The minimum Gasteiger partial charge on any atom is -0.340 e. The van der Waals surface area contributed by atoms with Gasteiger partial charge in [-0.25, -0.2) is 0 Å². The van der Waals surface area contributed by atoms with Gasteiger partial charge in [0.25, 0.3) is 0 Å². The van der Waals surface area contributed by atoms with Crippen LogP contribution in [0.5, 0.6) is 0 Å². The highest BCUT2D eigenvalue weighted by atomic mass is 31.1. The SMILES string of the molecule is C[C@H]([C@@H](OP(c1ccccc1)c1ccccc1)c1ccccc1)N(C)P(c1ccccc1)C(C)(C)C. The summed E-state index contributed by atoms with van der Waals surface area (Å²) in [5.74, 6) is 0.